The summed E-state index contributed by atoms with van der Waals surface area (Å²) in [7, 11) is 0. The third kappa shape index (κ3) is 4.21. The Bertz CT molecular complexity index is 1630. The van der Waals surface area contributed by atoms with E-state index in [0.29, 0.717) is 22.6 Å². The number of fused-ring (bicyclic) bond motifs is 2. The van der Waals surface area contributed by atoms with E-state index in [4.69, 9.17) is 4.98 Å². The fourth-order valence-electron chi connectivity index (χ4n) is 3.80. The van der Waals surface area contributed by atoms with E-state index in [9.17, 15) is 9.59 Å². The first-order chi connectivity index (χ1) is 16.5. The lowest BCUT2D eigenvalue weighted by atomic mass is 10.1. The summed E-state index contributed by atoms with van der Waals surface area (Å²) < 4.78 is 2.87. The maximum atomic E-state index is 13.5. The molecule has 0 radical (unpaired) electrons. The monoisotopic (exact) mass is 484 g/mol. The van der Waals surface area contributed by atoms with Crippen LogP contribution in [0.2, 0.25) is 0 Å². The average molecular weight is 485 g/mol. The number of nitrogens with zero attached hydrogens (tertiary/aromatic N) is 3. The number of pyridine rings is 1. The van der Waals surface area contributed by atoms with Crippen molar-refractivity contribution >= 4 is 61.3 Å². The van der Waals surface area contributed by atoms with Gasteiger partial charge in [-0.3, -0.25) is 9.59 Å². The Kier molecular flexibility index (Phi) is 5.91. The van der Waals surface area contributed by atoms with Crippen LogP contribution in [0.25, 0.3) is 31.7 Å². The average Bonchev–Trinajstić information content (AvgIpc) is 3.47. The number of hydrogen-bond donors (Lipinski definition) is 1. The van der Waals surface area contributed by atoms with Gasteiger partial charge in [-0.25, -0.2) is 4.98 Å². The molecular weight excluding hydrogens is 464 g/mol. The van der Waals surface area contributed by atoms with Gasteiger partial charge >= 0.3 is 0 Å². The molecule has 2 amide bonds. The second kappa shape index (κ2) is 9.17. The minimum atomic E-state index is -0.331. The molecule has 3 heterocycles. The molecule has 0 atom stereocenters. The van der Waals surface area contributed by atoms with Crippen molar-refractivity contribution in [2.45, 2.75) is 13.5 Å². The number of anilines is 1. The van der Waals surface area contributed by atoms with Crippen LogP contribution in [-0.2, 0) is 11.3 Å². The Hall–Kier alpha value is -3.88. The Labute approximate surface area is 203 Å². The van der Waals surface area contributed by atoms with Crippen LogP contribution in [0.4, 0.5) is 5.69 Å². The molecule has 0 unspecified atom stereocenters. The van der Waals surface area contributed by atoms with Crippen LogP contribution in [0.1, 0.15) is 17.3 Å². The number of allylic oxidation sites excluding steroid dienone is 1. The standard InChI is InChI=1S/C26H20N4O2S2/c1-3-12-30-22-11-10-17(27-16(2)31)14-24(22)34-26(30)29-25(32)19-15-21(23-9-6-13-33-23)28-20-8-5-4-7-18(19)20/h3-11,13-15H,1,12H2,2H3,(H,27,31). The molecule has 5 rings (SSSR count). The summed E-state index contributed by atoms with van der Waals surface area (Å²) >= 11 is 2.98. The molecule has 8 heteroatoms. The third-order valence-electron chi connectivity index (χ3n) is 5.23. The van der Waals surface area contributed by atoms with E-state index in [0.717, 1.165) is 31.7 Å². The van der Waals surface area contributed by atoms with E-state index >= 15 is 0 Å². The molecule has 5 aromatic rings. The lowest BCUT2D eigenvalue weighted by Gasteiger charge is -2.06. The molecule has 0 saturated heterocycles. The lowest BCUT2D eigenvalue weighted by Crippen LogP contribution is -2.16. The smallest absolute Gasteiger partial charge is 0.280 e. The zero-order chi connectivity index (χ0) is 23.7. The van der Waals surface area contributed by atoms with Crippen LogP contribution in [0.3, 0.4) is 0 Å². The molecule has 0 aliphatic carbocycles. The molecule has 0 fully saturated rings. The quantitative estimate of drug-likeness (QED) is 0.317. The molecule has 0 aliphatic rings. The first kappa shape index (κ1) is 21.9. The van der Waals surface area contributed by atoms with E-state index in [1.165, 1.54) is 18.3 Å². The second-order valence-electron chi connectivity index (χ2n) is 7.61. The van der Waals surface area contributed by atoms with Crippen molar-refractivity contribution in [3.63, 3.8) is 0 Å². The van der Waals surface area contributed by atoms with Gasteiger partial charge in [-0.2, -0.15) is 4.99 Å². The Morgan fingerprint density at radius 1 is 1.15 bits per heavy atom. The zero-order valence-corrected chi connectivity index (χ0v) is 20.0. The Morgan fingerprint density at radius 2 is 2.00 bits per heavy atom. The topological polar surface area (TPSA) is 76.3 Å². The number of amides is 2. The molecule has 0 saturated carbocycles. The number of thiazole rings is 1. The second-order valence-corrected chi connectivity index (χ2v) is 9.57. The van der Waals surface area contributed by atoms with E-state index in [-0.39, 0.29) is 11.8 Å². The van der Waals surface area contributed by atoms with Crippen molar-refractivity contribution in [2.24, 2.45) is 4.99 Å². The number of para-hydroxylation sites is 1. The number of rotatable bonds is 5. The van der Waals surface area contributed by atoms with Crippen molar-refractivity contribution in [3.05, 3.63) is 89.1 Å². The molecule has 0 spiro atoms. The molecule has 3 aromatic heterocycles. The molecule has 2 aromatic carbocycles. The summed E-state index contributed by atoms with van der Waals surface area (Å²) in [6, 6.07) is 19.0. The molecule has 168 valence electrons. The van der Waals surface area contributed by atoms with Gasteiger partial charge in [0, 0.05) is 24.5 Å². The van der Waals surface area contributed by atoms with E-state index in [2.05, 4.69) is 16.9 Å². The molecule has 0 aliphatic heterocycles. The highest BCUT2D eigenvalue weighted by molar-refractivity contribution is 7.16. The summed E-state index contributed by atoms with van der Waals surface area (Å²) in [5, 5.41) is 5.55. The van der Waals surface area contributed by atoms with Gasteiger partial charge in [0.2, 0.25) is 5.91 Å². The highest BCUT2D eigenvalue weighted by Gasteiger charge is 2.15. The SMILES string of the molecule is C=CCn1c(=NC(=O)c2cc(-c3cccs3)nc3ccccc23)sc2cc(NC(C)=O)ccc21. The van der Waals surface area contributed by atoms with Gasteiger partial charge in [-0.1, -0.05) is 41.7 Å². The van der Waals surface area contributed by atoms with Crippen LogP contribution in [0, 0.1) is 0 Å². The number of carbonyl (C=O) groups is 2. The first-order valence-corrected chi connectivity index (χ1v) is 12.3. The predicted molar refractivity (Wildman–Crippen MR) is 139 cm³/mol. The minimum Gasteiger partial charge on any atom is -0.326 e. The van der Waals surface area contributed by atoms with Gasteiger partial charge < -0.3 is 9.88 Å². The molecular formula is C26H20N4O2S2. The van der Waals surface area contributed by atoms with Crippen LogP contribution >= 0.6 is 22.7 Å². The van der Waals surface area contributed by atoms with Crippen molar-refractivity contribution in [2.75, 3.05) is 5.32 Å². The summed E-state index contributed by atoms with van der Waals surface area (Å²) in [6.45, 7) is 5.83. The first-order valence-electron chi connectivity index (χ1n) is 10.6. The normalized spacial score (nSPS) is 11.7. The zero-order valence-electron chi connectivity index (χ0n) is 18.3. The third-order valence-corrected chi connectivity index (χ3v) is 7.17. The summed E-state index contributed by atoms with van der Waals surface area (Å²) in [4.78, 5) is 35.8. The molecule has 0 bridgehead atoms. The van der Waals surface area contributed by atoms with Gasteiger partial charge in [0.25, 0.3) is 5.91 Å². The maximum absolute atomic E-state index is 13.5. The van der Waals surface area contributed by atoms with Gasteiger partial charge in [0.15, 0.2) is 4.80 Å². The minimum absolute atomic E-state index is 0.138. The van der Waals surface area contributed by atoms with Gasteiger partial charge in [0.05, 0.1) is 31.9 Å². The molecule has 6 nitrogen and oxygen atoms in total. The fraction of sp³-hybridized carbons (Fsp3) is 0.0769. The molecule has 1 N–H and O–H groups in total. The maximum Gasteiger partial charge on any atom is 0.280 e. The van der Waals surface area contributed by atoms with Crippen molar-refractivity contribution in [1.82, 2.24) is 9.55 Å². The Morgan fingerprint density at radius 3 is 2.76 bits per heavy atom. The number of hydrogen-bond acceptors (Lipinski definition) is 5. The van der Waals surface area contributed by atoms with Crippen LogP contribution < -0.4 is 10.1 Å². The largest absolute Gasteiger partial charge is 0.326 e. The van der Waals surface area contributed by atoms with Crippen molar-refractivity contribution < 1.29 is 9.59 Å². The van der Waals surface area contributed by atoms with E-state index in [1.54, 1.807) is 17.4 Å². The summed E-state index contributed by atoms with van der Waals surface area (Å²) in [6.07, 6.45) is 1.77. The number of benzene rings is 2. The van der Waals surface area contributed by atoms with Crippen LogP contribution in [-0.4, -0.2) is 21.4 Å². The van der Waals surface area contributed by atoms with Gasteiger partial charge in [0.1, 0.15) is 0 Å². The van der Waals surface area contributed by atoms with Gasteiger partial charge in [-0.05, 0) is 41.8 Å². The lowest BCUT2D eigenvalue weighted by molar-refractivity contribution is -0.114. The highest BCUT2D eigenvalue weighted by Crippen LogP contribution is 2.28. The Balaban J connectivity index is 1.67. The number of thiophene rings is 1. The van der Waals surface area contributed by atoms with E-state index < -0.39 is 0 Å². The number of nitrogens with one attached hydrogen (secondary N) is 1. The van der Waals surface area contributed by atoms with Crippen LogP contribution in [0.15, 0.2) is 83.7 Å². The van der Waals surface area contributed by atoms with Gasteiger partial charge in [-0.15, -0.1) is 17.9 Å². The van der Waals surface area contributed by atoms with Crippen LogP contribution in [0.5, 0.6) is 0 Å². The predicted octanol–water partition coefficient (Wildman–Crippen LogP) is 5.87. The number of carbonyl (C=O) groups excluding carboxylic acids is 2. The summed E-state index contributed by atoms with van der Waals surface area (Å²) in [5.41, 5.74) is 3.63. The van der Waals surface area contributed by atoms with E-state index in [1.807, 2.05) is 70.6 Å². The fourth-order valence-corrected chi connectivity index (χ4v) is 5.56. The highest BCUT2D eigenvalue weighted by atomic mass is 32.1. The van der Waals surface area contributed by atoms with Crippen molar-refractivity contribution in [1.29, 1.82) is 0 Å². The van der Waals surface area contributed by atoms with Crippen molar-refractivity contribution in [3.8, 4) is 10.6 Å². The summed E-state index contributed by atoms with van der Waals surface area (Å²) in [5.74, 6) is -0.469. The molecule has 34 heavy (non-hydrogen) atoms. The number of aromatic nitrogens is 2.